The van der Waals surface area contributed by atoms with E-state index in [0.717, 1.165) is 29.9 Å². The molecule has 21 heavy (non-hydrogen) atoms. The van der Waals surface area contributed by atoms with Crippen molar-refractivity contribution in [2.75, 3.05) is 0 Å². The van der Waals surface area contributed by atoms with Crippen molar-refractivity contribution in [3.63, 3.8) is 0 Å². The minimum atomic E-state index is 0. The Bertz CT molecular complexity index is 575. The van der Waals surface area contributed by atoms with Crippen molar-refractivity contribution in [2.24, 2.45) is 5.73 Å². The fourth-order valence-electron chi connectivity index (χ4n) is 3.00. The van der Waals surface area contributed by atoms with Crippen molar-refractivity contribution in [3.05, 3.63) is 35.7 Å². The van der Waals surface area contributed by atoms with Gasteiger partial charge in [0.25, 0.3) is 0 Å². The molecule has 3 rings (SSSR count). The Morgan fingerprint density at radius 3 is 2.48 bits per heavy atom. The fraction of sp³-hybridized carbons (Fsp3) is 0.500. The molecule has 1 aromatic carbocycles. The predicted molar refractivity (Wildman–Crippen MR) is 85.3 cm³/mol. The maximum Gasteiger partial charge on any atom is 0.233 e. The summed E-state index contributed by atoms with van der Waals surface area (Å²) in [5.41, 5.74) is 7.86. The van der Waals surface area contributed by atoms with E-state index in [-0.39, 0.29) is 17.8 Å². The Kier molecular flexibility index (Phi) is 5.01. The molecule has 2 aromatic rings. The van der Waals surface area contributed by atoms with Gasteiger partial charge >= 0.3 is 0 Å². The van der Waals surface area contributed by atoms with E-state index in [0.29, 0.717) is 12.4 Å². The molecule has 0 amide bonds. The molecule has 0 spiro atoms. The molecule has 5 heteroatoms. The number of hydrogen-bond donors (Lipinski definition) is 1. The molecule has 1 aliphatic rings. The van der Waals surface area contributed by atoms with Gasteiger partial charge < -0.3 is 10.3 Å². The highest BCUT2D eigenvalue weighted by atomic mass is 35.5. The van der Waals surface area contributed by atoms with Gasteiger partial charge in [-0.1, -0.05) is 49.2 Å². The van der Waals surface area contributed by atoms with Crippen molar-refractivity contribution in [1.82, 2.24) is 10.1 Å². The summed E-state index contributed by atoms with van der Waals surface area (Å²) in [7, 11) is 0. The number of rotatable bonds is 5. The first-order chi connectivity index (χ1) is 9.77. The molecule has 0 aliphatic heterocycles. The molecular formula is C16H22ClN3O. The summed E-state index contributed by atoms with van der Waals surface area (Å²) >= 11 is 0. The van der Waals surface area contributed by atoms with Gasteiger partial charge in [-0.25, -0.2) is 0 Å². The Hall–Kier alpha value is -1.39. The van der Waals surface area contributed by atoms with Crippen LogP contribution >= 0.6 is 12.4 Å². The monoisotopic (exact) mass is 307 g/mol. The van der Waals surface area contributed by atoms with Crippen molar-refractivity contribution in [2.45, 2.75) is 51.0 Å². The quantitative estimate of drug-likeness (QED) is 0.911. The number of nitrogens with zero attached hydrogens (tertiary/aromatic N) is 2. The minimum absolute atomic E-state index is 0. The normalized spacial score (nSPS) is 16.1. The number of hydrogen-bond acceptors (Lipinski definition) is 4. The molecule has 2 N–H and O–H groups in total. The van der Waals surface area contributed by atoms with Gasteiger partial charge in [-0.2, -0.15) is 4.98 Å². The first-order valence-electron chi connectivity index (χ1n) is 7.41. The highest BCUT2D eigenvalue weighted by Crippen LogP contribution is 2.46. The molecule has 1 heterocycles. The molecular weight excluding hydrogens is 286 g/mol. The third-order valence-electron chi connectivity index (χ3n) is 4.37. The Balaban J connectivity index is 0.00000161. The molecule has 1 saturated carbocycles. The standard InChI is InChI=1S/C16H21N3O.ClH/c1-2-8-16(9-3-10-16)15-18-14(19-20-15)13-6-4-12(11-17)5-7-13;/h4-7H,2-3,8-11,17H2,1H3;1H. The molecule has 0 unspecified atom stereocenters. The average molecular weight is 308 g/mol. The maximum atomic E-state index is 5.61. The largest absolute Gasteiger partial charge is 0.338 e. The first-order valence-corrected chi connectivity index (χ1v) is 7.41. The van der Waals surface area contributed by atoms with Crippen LogP contribution in [0.15, 0.2) is 28.8 Å². The van der Waals surface area contributed by atoms with Crippen LogP contribution in [0.2, 0.25) is 0 Å². The van der Waals surface area contributed by atoms with Crippen LogP contribution < -0.4 is 5.73 Å². The zero-order valence-corrected chi connectivity index (χ0v) is 13.2. The van der Waals surface area contributed by atoms with Gasteiger partial charge in [0.05, 0.1) is 0 Å². The predicted octanol–water partition coefficient (Wildman–Crippen LogP) is 3.84. The average Bonchev–Trinajstić information content (AvgIpc) is 2.93. The molecule has 0 atom stereocenters. The highest BCUT2D eigenvalue weighted by Gasteiger charge is 2.42. The second-order valence-corrected chi connectivity index (χ2v) is 5.71. The third kappa shape index (κ3) is 2.97. The van der Waals surface area contributed by atoms with Crippen LogP contribution in [0.25, 0.3) is 11.4 Å². The maximum absolute atomic E-state index is 5.61. The lowest BCUT2D eigenvalue weighted by molar-refractivity contribution is 0.160. The Morgan fingerprint density at radius 2 is 1.95 bits per heavy atom. The van der Waals surface area contributed by atoms with Gasteiger partial charge in [-0.15, -0.1) is 12.4 Å². The lowest BCUT2D eigenvalue weighted by Gasteiger charge is -2.38. The van der Waals surface area contributed by atoms with Crippen LogP contribution in [0.1, 0.15) is 50.5 Å². The second-order valence-electron chi connectivity index (χ2n) is 5.71. The number of halogens is 1. The van der Waals surface area contributed by atoms with Gasteiger partial charge in [0, 0.05) is 17.5 Å². The Labute approximate surface area is 131 Å². The summed E-state index contributed by atoms with van der Waals surface area (Å²) in [4.78, 5) is 4.64. The van der Waals surface area contributed by atoms with E-state index < -0.39 is 0 Å². The van der Waals surface area contributed by atoms with Crippen LogP contribution in [-0.4, -0.2) is 10.1 Å². The van der Waals surface area contributed by atoms with Gasteiger partial charge in [0.2, 0.25) is 11.7 Å². The van der Waals surface area contributed by atoms with Crippen molar-refractivity contribution in [1.29, 1.82) is 0 Å². The number of benzene rings is 1. The van der Waals surface area contributed by atoms with Crippen molar-refractivity contribution in [3.8, 4) is 11.4 Å². The second kappa shape index (κ2) is 6.58. The van der Waals surface area contributed by atoms with E-state index in [1.54, 1.807) is 0 Å². The van der Waals surface area contributed by atoms with Crippen molar-refractivity contribution >= 4 is 12.4 Å². The molecule has 0 bridgehead atoms. The zero-order chi connectivity index (χ0) is 14.0. The smallest absolute Gasteiger partial charge is 0.233 e. The molecule has 4 nitrogen and oxygen atoms in total. The summed E-state index contributed by atoms with van der Waals surface area (Å²) in [6, 6.07) is 8.03. The summed E-state index contributed by atoms with van der Waals surface area (Å²) in [6.07, 6.45) is 5.91. The van der Waals surface area contributed by atoms with E-state index in [4.69, 9.17) is 10.3 Å². The van der Waals surface area contributed by atoms with Crippen LogP contribution in [0, 0.1) is 0 Å². The molecule has 1 aliphatic carbocycles. The van der Waals surface area contributed by atoms with Gasteiger partial charge in [0.1, 0.15) is 0 Å². The van der Waals surface area contributed by atoms with Gasteiger partial charge in [-0.3, -0.25) is 0 Å². The van der Waals surface area contributed by atoms with Crippen LogP contribution in [0.5, 0.6) is 0 Å². The van der Waals surface area contributed by atoms with E-state index in [1.807, 2.05) is 24.3 Å². The summed E-state index contributed by atoms with van der Waals surface area (Å²) < 4.78 is 5.55. The number of aromatic nitrogens is 2. The summed E-state index contributed by atoms with van der Waals surface area (Å²) in [5, 5.41) is 4.15. The molecule has 1 aromatic heterocycles. The zero-order valence-electron chi connectivity index (χ0n) is 12.3. The van der Waals surface area contributed by atoms with E-state index in [1.165, 1.54) is 19.3 Å². The molecule has 0 radical (unpaired) electrons. The fourth-order valence-corrected chi connectivity index (χ4v) is 3.00. The molecule has 0 saturated heterocycles. The van der Waals surface area contributed by atoms with Crippen LogP contribution in [0.3, 0.4) is 0 Å². The topological polar surface area (TPSA) is 64.9 Å². The van der Waals surface area contributed by atoms with Crippen LogP contribution in [0.4, 0.5) is 0 Å². The van der Waals surface area contributed by atoms with E-state index in [2.05, 4.69) is 17.1 Å². The molecule has 114 valence electrons. The van der Waals surface area contributed by atoms with Crippen molar-refractivity contribution < 1.29 is 4.52 Å². The summed E-state index contributed by atoms with van der Waals surface area (Å²) in [6.45, 7) is 2.76. The number of nitrogens with two attached hydrogens (primary N) is 1. The van der Waals surface area contributed by atoms with E-state index >= 15 is 0 Å². The van der Waals surface area contributed by atoms with Gasteiger partial charge in [-0.05, 0) is 24.8 Å². The van der Waals surface area contributed by atoms with Crippen LogP contribution in [-0.2, 0) is 12.0 Å². The highest BCUT2D eigenvalue weighted by molar-refractivity contribution is 5.85. The minimum Gasteiger partial charge on any atom is -0.338 e. The lowest BCUT2D eigenvalue weighted by atomic mass is 9.66. The lowest BCUT2D eigenvalue weighted by Crippen LogP contribution is -2.34. The first kappa shape index (κ1) is 16.0. The SMILES string of the molecule is CCCC1(c2nc(-c3ccc(CN)cc3)no2)CCC1.Cl. The molecule has 1 fully saturated rings. The van der Waals surface area contributed by atoms with E-state index in [9.17, 15) is 0 Å². The Morgan fingerprint density at radius 1 is 1.24 bits per heavy atom. The third-order valence-corrected chi connectivity index (χ3v) is 4.37. The van der Waals surface area contributed by atoms with Gasteiger partial charge in [0.15, 0.2) is 0 Å². The summed E-state index contributed by atoms with van der Waals surface area (Å²) in [5.74, 6) is 1.51.